The molecule has 1 heterocycles. The average molecular weight is 403 g/mol. The molecule has 1 amide bonds. The summed E-state index contributed by atoms with van der Waals surface area (Å²) in [4.78, 5) is 12.9. The summed E-state index contributed by atoms with van der Waals surface area (Å²) in [5, 5.41) is 2.88. The van der Waals surface area contributed by atoms with Crippen molar-refractivity contribution in [2.45, 2.75) is 31.6 Å². The highest BCUT2D eigenvalue weighted by Gasteiger charge is 2.33. The van der Waals surface area contributed by atoms with Crippen molar-refractivity contribution in [1.29, 1.82) is 0 Å². The van der Waals surface area contributed by atoms with Gasteiger partial charge < -0.3 is 10.1 Å². The van der Waals surface area contributed by atoms with Crippen LogP contribution < -0.4 is 10.1 Å². The fraction of sp³-hybridized carbons (Fsp3) is 0.381. The van der Waals surface area contributed by atoms with Crippen molar-refractivity contribution < 1.29 is 17.9 Å². The minimum absolute atomic E-state index is 0.159. The highest BCUT2D eigenvalue weighted by atomic mass is 32.2. The Morgan fingerprint density at radius 1 is 1.14 bits per heavy atom. The number of piperidine rings is 1. The van der Waals surface area contributed by atoms with Gasteiger partial charge in [-0.1, -0.05) is 17.7 Å². The molecule has 7 heteroatoms. The number of amides is 1. The van der Waals surface area contributed by atoms with Gasteiger partial charge in [0.25, 0.3) is 0 Å². The van der Waals surface area contributed by atoms with E-state index in [0.29, 0.717) is 31.7 Å². The number of rotatable bonds is 6. The maximum atomic E-state index is 12.9. The summed E-state index contributed by atoms with van der Waals surface area (Å²) in [5.41, 5.74) is 1.68. The first-order valence-electron chi connectivity index (χ1n) is 9.50. The first kappa shape index (κ1) is 20.4. The molecular formula is C21H26N2O4S. The molecule has 150 valence electrons. The second kappa shape index (κ2) is 8.75. The van der Waals surface area contributed by atoms with Crippen molar-refractivity contribution in [2.24, 2.45) is 5.92 Å². The zero-order valence-electron chi connectivity index (χ0n) is 16.2. The van der Waals surface area contributed by atoms with Crippen LogP contribution in [0, 0.1) is 12.8 Å². The minimum atomic E-state index is -3.59. The van der Waals surface area contributed by atoms with E-state index in [9.17, 15) is 13.2 Å². The van der Waals surface area contributed by atoms with Crippen LogP contribution in [-0.4, -0.2) is 38.3 Å². The number of aryl methyl sites for hydroxylation is 1. The largest absolute Gasteiger partial charge is 0.494 e. The maximum absolute atomic E-state index is 12.9. The molecule has 3 rings (SSSR count). The van der Waals surface area contributed by atoms with Crippen LogP contribution in [0.25, 0.3) is 0 Å². The van der Waals surface area contributed by atoms with Crippen LogP contribution >= 0.6 is 0 Å². The van der Waals surface area contributed by atoms with Gasteiger partial charge >= 0.3 is 0 Å². The average Bonchev–Trinajstić information content (AvgIpc) is 2.70. The van der Waals surface area contributed by atoms with Gasteiger partial charge in [-0.05, 0) is 63.1 Å². The smallest absolute Gasteiger partial charge is 0.243 e. The molecule has 28 heavy (non-hydrogen) atoms. The van der Waals surface area contributed by atoms with Crippen molar-refractivity contribution in [3.05, 3.63) is 54.1 Å². The summed E-state index contributed by atoms with van der Waals surface area (Å²) < 4.78 is 32.6. The van der Waals surface area contributed by atoms with Crippen LogP contribution in [0.2, 0.25) is 0 Å². The highest BCUT2D eigenvalue weighted by Crippen LogP contribution is 2.25. The van der Waals surface area contributed by atoms with Crippen molar-refractivity contribution in [2.75, 3.05) is 25.0 Å². The normalized spacial score (nSPS) is 17.9. The van der Waals surface area contributed by atoms with Gasteiger partial charge in [-0.2, -0.15) is 4.31 Å². The highest BCUT2D eigenvalue weighted by molar-refractivity contribution is 7.89. The first-order chi connectivity index (χ1) is 13.4. The molecule has 1 saturated heterocycles. The zero-order chi connectivity index (χ0) is 20.1. The Morgan fingerprint density at radius 3 is 2.46 bits per heavy atom. The Labute approximate surface area is 166 Å². The minimum Gasteiger partial charge on any atom is -0.494 e. The van der Waals surface area contributed by atoms with Gasteiger partial charge in [0.1, 0.15) is 5.75 Å². The fourth-order valence-electron chi connectivity index (χ4n) is 3.28. The molecule has 1 N–H and O–H groups in total. The molecule has 1 aliphatic heterocycles. The molecule has 0 aromatic heterocycles. The van der Waals surface area contributed by atoms with Crippen molar-refractivity contribution in [3.63, 3.8) is 0 Å². The third kappa shape index (κ3) is 4.72. The van der Waals surface area contributed by atoms with E-state index in [1.807, 2.05) is 13.8 Å². The van der Waals surface area contributed by atoms with E-state index in [4.69, 9.17) is 4.74 Å². The zero-order valence-corrected chi connectivity index (χ0v) is 17.0. The van der Waals surface area contributed by atoms with Crippen molar-refractivity contribution >= 4 is 21.6 Å². The summed E-state index contributed by atoms with van der Waals surface area (Å²) in [6, 6.07) is 14.0. The van der Waals surface area contributed by atoms with E-state index in [-0.39, 0.29) is 23.3 Å². The van der Waals surface area contributed by atoms with E-state index in [1.165, 1.54) is 4.31 Å². The second-order valence-corrected chi connectivity index (χ2v) is 8.90. The van der Waals surface area contributed by atoms with Crippen LogP contribution in [0.5, 0.6) is 5.75 Å². The summed E-state index contributed by atoms with van der Waals surface area (Å²) >= 11 is 0. The first-order valence-corrected chi connectivity index (χ1v) is 10.9. The molecule has 1 fully saturated rings. The SMILES string of the molecule is CCOc1ccc(NC(=O)[C@H]2CCCN(S(=O)(=O)c3ccc(C)cc3)C2)cc1. The van der Waals surface area contributed by atoms with E-state index in [0.717, 1.165) is 11.3 Å². The number of benzene rings is 2. The number of sulfonamides is 1. The molecule has 1 atom stereocenters. The molecule has 2 aromatic rings. The summed E-state index contributed by atoms with van der Waals surface area (Å²) in [7, 11) is -3.59. The summed E-state index contributed by atoms with van der Waals surface area (Å²) in [5.74, 6) is 0.210. The molecule has 0 saturated carbocycles. The monoisotopic (exact) mass is 402 g/mol. The second-order valence-electron chi connectivity index (χ2n) is 6.96. The lowest BCUT2D eigenvalue weighted by atomic mass is 9.99. The molecule has 2 aromatic carbocycles. The van der Waals surface area contributed by atoms with Gasteiger partial charge in [0.05, 0.1) is 17.4 Å². The Morgan fingerprint density at radius 2 is 1.82 bits per heavy atom. The molecule has 1 aliphatic rings. The van der Waals surface area contributed by atoms with E-state index in [2.05, 4.69) is 5.32 Å². The molecular weight excluding hydrogens is 376 g/mol. The van der Waals surface area contributed by atoms with Gasteiger partial charge in [-0.3, -0.25) is 4.79 Å². The summed E-state index contributed by atoms with van der Waals surface area (Å²) in [6.07, 6.45) is 1.33. The predicted octanol–water partition coefficient (Wildman–Crippen LogP) is 3.43. The number of hydrogen-bond acceptors (Lipinski definition) is 4. The van der Waals surface area contributed by atoms with Crippen LogP contribution in [-0.2, 0) is 14.8 Å². The molecule has 0 unspecified atom stereocenters. The predicted molar refractivity (Wildman–Crippen MR) is 109 cm³/mol. The number of hydrogen-bond donors (Lipinski definition) is 1. The molecule has 6 nitrogen and oxygen atoms in total. The third-order valence-corrected chi connectivity index (χ3v) is 6.73. The number of ether oxygens (including phenoxy) is 1. The van der Waals surface area contributed by atoms with Crippen molar-refractivity contribution in [1.82, 2.24) is 4.31 Å². The van der Waals surface area contributed by atoms with Crippen LogP contribution in [0.15, 0.2) is 53.4 Å². The molecule has 0 aliphatic carbocycles. The van der Waals surface area contributed by atoms with E-state index < -0.39 is 10.0 Å². The van der Waals surface area contributed by atoms with Gasteiger partial charge in [-0.15, -0.1) is 0 Å². The van der Waals surface area contributed by atoms with Gasteiger partial charge in [0.15, 0.2) is 0 Å². The van der Waals surface area contributed by atoms with Crippen molar-refractivity contribution in [3.8, 4) is 5.75 Å². The molecule has 0 spiro atoms. The lowest BCUT2D eigenvalue weighted by Gasteiger charge is -2.31. The van der Waals surface area contributed by atoms with Gasteiger partial charge in [-0.25, -0.2) is 8.42 Å². The lowest BCUT2D eigenvalue weighted by Crippen LogP contribution is -2.43. The van der Waals surface area contributed by atoms with E-state index >= 15 is 0 Å². The van der Waals surface area contributed by atoms with Crippen LogP contribution in [0.3, 0.4) is 0 Å². The number of carbonyl (C=O) groups excluding carboxylic acids is 1. The van der Waals surface area contributed by atoms with Crippen LogP contribution in [0.4, 0.5) is 5.69 Å². The number of nitrogens with one attached hydrogen (secondary N) is 1. The summed E-state index contributed by atoms with van der Waals surface area (Å²) in [6.45, 7) is 5.04. The quantitative estimate of drug-likeness (QED) is 0.803. The Bertz CT molecular complexity index is 908. The molecule has 0 radical (unpaired) electrons. The fourth-order valence-corrected chi connectivity index (χ4v) is 4.80. The Hall–Kier alpha value is -2.38. The Balaban J connectivity index is 1.66. The maximum Gasteiger partial charge on any atom is 0.243 e. The Kier molecular flexibility index (Phi) is 6.36. The van der Waals surface area contributed by atoms with E-state index in [1.54, 1.807) is 48.5 Å². The van der Waals surface area contributed by atoms with Gasteiger partial charge in [0, 0.05) is 18.8 Å². The molecule has 0 bridgehead atoms. The number of nitrogens with zero attached hydrogens (tertiary/aromatic N) is 1. The lowest BCUT2D eigenvalue weighted by molar-refractivity contribution is -0.120. The topological polar surface area (TPSA) is 75.7 Å². The number of carbonyl (C=O) groups is 1. The standard InChI is InChI=1S/C21H26N2O4S/c1-3-27-19-10-8-18(9-11-19)22-21(24)17-5-4-14-23(15-17)28(25,26)20-12-6-16(2)7-13-20/h6-13,17H,3-5,14-15H2,1-2H3,(H,22,24)/t17-/m0/s1. The van der Waals surface area contributed by atoms with Gasteiger partial charge in [0.2, 0.25) is 15.9 Å². The third-order valence-electron chi connectivity index (χ3n) is 4.85. The van der Waals surface area contributed by atoms with Crippen LogP contribution in [0.1, 0.15) is 25.3 Å². The number of anilines is 1.